The van der Waals surface area contributed by atoms with Gasteiger partial charge in [-0.15, -0.1) is 0 Å². The summed E-state index contributed by atoms with van der Waals surface area (Å²) in [5, 5.41) is 9.06. The summed E-state index contributed by atoms with van der Waals surface area (Å²) in [6, 6.07) is 3.01. The second kappa shape index (κ2) is 3.96. The SMILES string of the molecule is NCC#Cc1ccc(O)c(Cl)n1. The third kappa shape index (κ3) is 2.12. The first-order chi connectivity index (χ1) is 5.74. The van der Waals surface area contributed by atoms with E-state index in [-0.39, 0.29) is 17.4 Å². The van der Waals surface area contributed by atoms with Gasteiger partial charge in [-0.25, -0.2) is 4.98 Å². The molecule has 3 nitrogen and oxygen atoms in total. The smallest absolute Gasteiger partial charge is 0.172 e. The van der Waals surface area contributed by atoms with Crippen LogP contribution in [0.1, 0.15) is 5.69 Å². The summed E-state index contributed by atoms with van der Waals surface area (Å²) in [4.78, 5) is 3.80. The molecule has 0 saturated carbocycles. The molecule has 3 N–H and O–H groups in total. The predicted octanol–water partition coefficient (Wildman–Crippen LogP) is 0.751. The van der Waals surface area contributed by atoms with Crippen molar-refractivity contribution in [3.8, 4) is 17.6 Å². The summed E-state index contributed by atoms with van der Waals surface area (Å²) in [6.45, 7) is 0.278. The van der Waals surface area contributed by atoms with Crippen LogP contribution in [0.4, 0.5) is 0 Å². The first-order valence-corrected chi connectivity index (χ1v) is 3.66. The normalized spacial score (nSPS) is 8.83. The molecule has 0 bridgehead atoms. The van der Waals surface area contributed by atoms with Crippen molar-refractivity contribution in [3.63, 3.8) is 0 Å². The number of nitrogens with two attached hydrogens (primary N) is 1. The van der Waals surface area contributed by atoms with Crippen molar-refractivity contribution < 1.29 is 5.11 Å². The van der Waals surface area contributed by atoms with Gasteiger partial charge in [0.1, 0.15) is 5.69 Å². The molecule has 1 aromatic heterocycles. The molecule has 0 fully saturated rings. The Hall–Kier alpha value is -1.24. The molecule has 0 radical (unpaired) electrons. The van der Waals surface area contributed by atoms with E-state index < -0.39 is 0 Å². The molecular weight excluding hydrogens is 176 g/mol. The first kappa shape index (κ1) is 8.85. The molecule has 4 heteroatoms. The van der Waals surface area contributed by atoms with E-state index in [1.54, 1.807) is 6.07 Å². The molecule has 1 heterocycles. The largest absolute Gasteiger partial charge is 0.505 e. The number of nitrogens with zero attached hydrogens (tertiary/aromatic N) is 1. The van der Waals surface area contributed by atoms with Crippen LogP contribution in [-0.4, -0.2) is 16.6 Å². The average molecular weight is 183 g/mol. The van der Waals surface area contributed by atoms with Crippen molar-refractivity contribution in [1.82, 2.24) is 4.98 Å². The summed E-state index contributed by atoms with van der Waals surface area (Å²) in [6.07, 6.45) is 0. The van der Waals surface area contributed by atoms with Crippen molar-refractivity contribution in [2.75, 3.05) is 6.54 Å². The molecule has 0 aliphatic carbocycles. The third-order valence-electron chi connectivity index (χ3n) is 1.15. The minimum absolute atomic E-state index is 0.0463. The van der Waals surface area contributed by atoms with Gasteiger partial charge >= 0.3 is 0 Å². The van der Waals surface area contributed by atoms with E-state index in [2.05, 4.69) is 16.8 Å². The molecule has 0 aromatic carbocycles. The highest BCUT2D eigenvalue weighted by atomic mass is 35.5. The average Bonchev–Trinajstić information content (AvgIpc) is 2.07. The Morgan fingerprint density at radius 2 is 2.33 bits per heavy atom. The topological polar surface area (TPSA) is 59.1 Å². The maximum absolute atomic E-state index is 9.00. The molecule has 0 spiro atoms. The Bertz CT molecular complexity index is 341. The van der Waals surface area contributed by atoms with Gasteiger partial charge in [0, 0.05) is 0 Å². The van der Waals surface area contributed by atoms with Gasteiger partial charge in [0.25, 0.3) is 0 Å². The Kier molecular flexibility index (Phi) is 2.92. The van der Waals surface area contributed by atoms with Gasteiger partial charge in [-0.05, 0) is 18.1 Å². The molecule has 12 heavy (non-hydrogen) atoms. The fraction of sp³-hybridized carbons (Fsp3) is 0.125. The summed E-state index contributed by atoms with van der Waals surface area (Å²) in [5.74, 6) is 5.27. The molecule has 0 saturated heterocycles. The zero-order valence-corrected chi connectivity index (χ0v) is 6.97. The fourth-order valence-corrected chi connectivity index (χ4v) is 0.792. The highest BCUT2D eigenvalue weighted by molar-refractivity contribution is 6.30. The van der Waals surface area contributed by atoms with E-state index in [4.69, 9.17) is 22.4 Å². The Balaban J connectivity index is 2.97. The number of pyridine rings is 1. The molecule has 0 unspecified atom stereocenters. The van der Waals surface area contributed by atoms with Gasteiger partial charge in [-0.2, -0.15) is 0 Å². The first-order valence-electron chi connectivity index (χ1n) is 3.28. The zero-order valence-electron chi connectivity index (χ0n) is 6.21. The van der Waals surface area contributed by atoms with Crippen molar-refractivity contribution in [2.24, 2.45) is 5.73 Å². The van der Waals surface area contributed by atoms with E-state index in [0.29, 0.717) is 5.69 Å². The van der Waals surface area contributed by atoms with Crippen LogP contribution in [0.25, 0.3) is 0 Å². The van der Waals surface area contributed by atoms with E-state index in [1.807, 2.05) is 0 Å². The highest BCUT2D eigenvalue weighted by Crippen LogP contribution is 2.19. The molecular formula is C8H7ClN2O. The molecule has 62 valence electrons. The van der Waals surface area contributed by atoms with Gasteiger partial charge in [0.2, 0.25) is 0 Å². The van der Waals surface area contributed by atoms with Crippen LogP contribution in [0, 0.1) is 11.8 Å². The quantitative estimate of drug-likeness (QED) is 0.460. The number of hydrogen-bond donors (Lipinski definition) is 2. The van der Waals surface area contributed by atoms with Gasteiger partial charge < -0.3 is 10.8 Å². The van der Waals surface area contributed by atoms with Crippen molar-refractivity contribution in [1.29, 1.82) is 0 Å². The molecule has 1 rings (SSSR count). The lowest BCUT2D eigenvalue weighted by Gasteiger charge is -1.94. The summed E-state index contributed by atoms with van der Waals surface area (Å²) in [7, 11) is 0. The van der Waals surface area contributed by atoms with Gasteiger partial charge in [-0.1, -0.05) is 17.5 Å². The van der Waals surface area contributed by atoms with Crippen LogP contribution in [-0.2, 0) is 0 Å². The molecule has 0 amide bonds. The van der Waals surface area contributed by atoms with Crippen molar-refractivity contribution in [3.05, 3.63) is 23.0 Å². The number of aromatic hydroxyl groups is 1. The van der Waals surface area contributed by atoms with E-state index in [1.165, 1.54) is 6.07 Å². The van der Waals surface area contributed by atoms with E-state index in [9.17, 15) is 0 Å². The fourth-order valence-electron chi connectivity index (χ4n) is 0.638. The molecule has 1 aromatic rings. The van der Waals surface area contributed by atoms with E-state index in [0.717, 1.165) is 0 Å². The number of rotatable bonds is 0. The van der Waals surface area contributed by atoms with Crippen LogP contribution >= 0.6 is 11.6 Å². The molecule has 0 aliphatic heterocycles. The lowest BCUT2D eigenvalue weighted by atomic mass is 10.3. The van der Waals surface area contributed by atoms with Crippen LogP contribution in [0.2, 0.25) is 5.15 Å². The lowest BCUT2D eigenvalue weighted by Crippen LogP contribution is -1.93. The summed E-state index contributed by atoms with van der Waals surface area (Å²) >= 11 is 5.53. The van der Waals surface area contributed by atoms with Crippen molar-refractivity contribution >= 4 is 11.6 Å². The summed E-state index contributed by atoms with van der Waals surface area (Å²) < 4.78 is 0. The number of aromatic nitrogens is 1. The van der Waals surface area contributed by atoms with Gasteiger partial charge in [-0.3, -0.25) is 0 Å². The van der Waals surface area contributed by atoms with Gasteiger partial charge in [0.15, 0.2) is 10.9 Å². The third-order valence-corrected chi connectivity index (χ3v) is 1.43. The molecule has 0 atom stereocenters. The maximum atomic E-state index is 9.00. The predicted molar refractivity (Wildman–Crippen MR) is 46.8 cm³/mol. The highest BCUT2D eigenvalue weighted by Gasteiger charge is 1.98. The number of halogens is 1. The van der Waals surface area contributed by atoms with Crippen LogP contribution < -0.4 is 5.73 Å². The standard InChI is InChI=1S/C8H7ClN2O/c9-8-7(12)4-3-6(11-8)2-1-5-10/h3-4,12H,5,10H2. The Labute approximate surface area is 75.2 Å². The maximum Gasteiger partial charge on any atom is 0.172 e. The monoisotopic (exact) mass is 182 g/mol. The van der Waals surface area contributed by atoms with E-state index >= 15 is 0 Å². The summed E-state index contributed by atoms with van der Waals surface area (Å²) in [5.41, 5.74) is 5.66. The van der Waals surface area contributed by atoms with Crippen LogP contribution in [0.5, 0.6) is 5.75 Å². The Morgan fingerprint density at radius 1 is 1.58 bits per heavy atom. The number of hydrogen-bond acceptors (Lipinski definition) is 3. The second-order valence-electron chi connectivity index (χ2n) is 2.01. The van der Waals surface area contributed by atoms with Crippen molar-refractivity contribution in [2.45, 2.75) is 0 Å². The van der Waals surface area contributed by atoms with Crippen LogP contribution in [0.3, 0.4) is 0 Å². The minimum Gasteiger partial charge on any atom is -0.505 e. The van der Waals surface area contributed by atoms with Gasteiger partial charge in [0.05, 0.1) is 6.54 Å². The van der Waals surface area contributed by atoms with Crippen LogP contribution in [0.15, 0.2) is 12.1 Å². The Morgan fingerprint density at radius 3 is 2.92 bits per heavy atom. The minimum atomic E-state index is -0.0463. The molecule has 0 aliphatic rings. The second-order valence-corrected chi connectivity index (χ2v) is 2.37. The zero-order chi connectivity index (χ0) is 8.97. The lowest BCUT2D eigenvalue weighted by molar-refractivity contribution is 0.473.